The largest absolute Gasteiger partial charge is 0.497 e. The smallest absolute Gasteiger partial charge is 0.323 e. The first-order valence-corrected chi connectivity index (χ1v) is 10.4. The monoisotopic (exact) mass is 445 g/mol. The summed E-state index contributed by atoms with van der Waals surface area (Å²) in [4.78, 5) is 28.5. The van der Waals surface area contributed by atoms with Crippen molar-refractivity contribution in [3.05, 3.63) is 84.0 Å². The molecule has 1 atom stereocenters. The topological polar surface area (TPSA) is 112 Å². The van der Waals surface area contributed by atoms with Gasteiger partial charge in [0.1, 0.15) is 5.75 Å². The van der Waals surface area contributed by atoms with Crippen LogP contribution in [0.4, 0.5) is 16.3 Å². The van der Waals surface area contributed by atoms with Crippen LogP contribution in [-0.2, 0) is 12.1 Å². The van der Waals surface area contributed by atoms with E-state index in [9.17, 15) is 4.79 Å². The molecule has 1 saturated heterocycles. The van der Waals surface area contributed by atoms with Crippen LogP contribution in [-0.4, -0.2) is 48.4 Å². The molecule has 4 rings (SSSR count). The molecule has 9 nitrogen and oxygen atoms in total. The van der Waals surface area contributed by atoms with Gasteiger partial charge >= 0.3 is 6.03 Å². The Kier molecular flexibility index (Phi) is 5.78. The number of aromatic nitrogens is 2. The highest BCUT2D eigenvalue weighted by atomic mass is 16.5. The number of aromatic amines is 1. The number of amides is 2. The summed E-state index contributed by atoms with van der Waals surface area (Å²) in [6.07, 6.45) is 2.70. The number of nitrogens with zero attached hydrogens (tertiary/aromatic N) is 4. The molecule has 2 heterocycles. The van der Waals surface area contributed by atoms with Gasteiger partial charge in [0.2, 0.25) is 0 Å². The van der Waals surface area contributed by atoms with Crippen molar-refractivity contribution < 1.29 is 9.53 Å². The number of aliphatic imine (C=N–C) groups is 1. The molecule has 1 aliphatic rings. The highest BCUT2D eigenvalue weighted by Gasteiger charge is 2.51. The number of nitrogens with one attached hydrogen (secondary N) is 2. The molecule has 9 heteroatoms. The van der Waals surface area contributed by atoms with Crippen LogP contribution >= 0.6 is 0 Å². The molecule has 1 fully saturated rings. The fraction of sp³-hybridized carbons (Fsp3) is 0.208. The third-order valence-corrected chi connectivity index (χ3v) is 5.81. The average molecular weight is 446 g/mol. The molecule has 1 aromatic heterocycles. The number of rotatable bonds is 7. The summed E-state index contributed by atoms with van der Waals surface area (Å²) in [5.41, 5.74) is 8.39. The lowest BCUT2D eigenvalue weighted by molar-refractivity contribution is 0.221. The number of urea groups is 1. The van der Waals surface area contributed by atoms with E-state index in [4.69, 9.17) is 10.5 Å². The first-order valence-electron chi connectivity index (χ1n) is 10.4. The zero-order valence-corrected chi connectivity index (χ0v) is 18.9. The number of hydrogen-bond donors (Lipinski definition) is 3. The first-order chi connectivity index (χ1) is 15.9. The van der Waals surface area contributed by atoms with E-state index >= 15 is 0 Å². The fourth-order valence-electron chi connectivity index (χ4n) is 4.04. The minimum atomic E-state index is -1.09. The lowest BCUT2D eigenvalue weighted by Crippen LogP contribution is -2.41. The number of ether oxygens (including phenoxy) is 1. The van der Waals surface area contributed by atoms with Gasteiger partial charge in [-0.2, -0.15) is 0 Å². The molecule has 4 N–H and O–H groups in total. The van der Waals surface area contributed by atoms with E-state index in [1.807, 2.05) is 67.5 Å². The number of imidazole rings is 1. The van der Waals surface area contributed by atoms with Crippen LogP contribution in [0.25, 0.3) is 0 Å². The molecule has 1 unspecified atom stereocenters. The number of methoxy groups -OCH3 is 1. The summed E-state index contributed by atoms with van der Waals surface area (Å²) in [5.74, 6) is 1.13. The van der Waals surface area contributed by atoms with Crippen LogP contribution in [0.2, 0.25) is 0 Å². The maximum Gasteiger partial charge on any atom is 0.323 e. The Bertz CT molecular complexity index is 1180. The van der Waals surface area contributed by atoms with Crippen LogP contribution in [0, 0.1) is 0 Å². The molecule has 0 radical (unpaired) electrons. The summed E-state index contributed by atoms with van der Waals surface area (Å²) in [5, 5.41) is 3.14. The van der Waals surface area contributed by atoms with Crippen molar-refractivity contribution in [3.8, 4) is 5.75 Å². The van der Waals surface area contributed by atoms with E-state index < -0.39 is 5.54 Å². The predicted molar refractivity (Wildman–Crippen MR) is 129 cm³/mol. The molecule has 0 aliphatic carbocycles. The van der Waals surface area contributed by atoms with Gasteiger partial charge in [-0.1, -0.05) is 30.8 Å². The minimum Gasteiger partial charge on any atom is -0.497 e. The van der Waals surface area contributed by atoms with Gasteiger partial charge in [0.25, 0.3) is 0 Å². The molecule has 0 bridgehead atoms. The average Bonchev–Trinajstić information content (AvgIpc) is 3.38. The Balaban J connectivity index is 1.80. The third kappa shape index (κ3) is 3.78. The van der Waals surface area contributed by atoms with Gasteiger partial charge in [-0.25, -0.2) is 14.8 Å². The Morgan fingerprint density at radius 1 is 1.21 bits per heavy atom. The normalized spacial score (nSPS) is 18.1. The Labute approximate surface area is 192 Å². The van der Waals surface area contributed by atoms with E-state index in [0.29, 0.717) is 23.8 Å². The summed E-state index contributed by atoms with van der Waals surface area (Å²) in [6.45, 7) is 4.68. The van der Waals surface area contributed by atoms with Gasteiger partial charge in [-0.15, -0.1) is 0 Å². The summed E-state index contributed by atoms with van der Waals surface area (Å²) in [7, 11) is 5.56. The summed E-state index contributed by atoms with van der Waals surface area (Å²) >= 11 is 0. The summed E-state index contributed by atoms with van der Waals surface area (Å²) < 4.78 is 5.24. The Morgan fingerprint density at radius 3 is 2.52 bits per heavy atom. The fourth-order valence-corrected chi connectivity index (χ4v) is 4.04. The van der Waals surface area contributed by atoms with Crippen LogP contribution in [0.3, 0.4) is 0 Å². The van der Waals surface area contributed by atoms with Gasteiger partial charge < -0.3 is 25.7 Å². The number of nitrogens with two attached hydrogens (primary N) is 1. The van der Waals surface area contributed by atoms with Crippen molar-refractivity contribution >= 4 is 23.9 Å². The van der Waals surface area contributed by atoms with Crippen LogP contribution in [0.5, 0.6) is 5.75 Å². The van der Waals surface area contributed by atoms with E-state index in [2.05, 4.69) is 26.9 Å². The van der Waals surface area contributed by atoms with Crippen molar-refractivity contribution in [3.63, 3.8) is 0 Å². The van der Waals surface area contributed by atoms with Crippen LogP contribution < -0.4 is 20.7 Å². The third-order valence-electron chi connectivity index (χ3n) is 5.81. The van der Waals surface area contributed by atoms with Gasteiger partial charge in [-0.05, 0) is 35.4 Å². The van der Waals surface area contributed by atoms with Crippen LogP contribution in [0.1, 0.15) is 16.8 Å². The number of hydrogen-bond acceptors (Lipinski definition) is 5. The lowest BCUT2D eigenvalue weighted by Gasteiger charge is -2.31. The van der Waals surface area contributed by atoms with E-state index in [1.165, 1.54) is 12.7 Å². The second kappa shape index (κ2) is 8.70. The minimum absolute atomic E-state index is 0.273. The number of carbonyl (C=O) groups is 1. The van der Waals surface area contributed by atoms with Gasteiger partial charge in [0.05, 0.1) is 37.7 Å². The van der Waals surface area contributed by atoms with Crippen molar-refractivity contribution in [2.75, 3.05) is 26.1 Å². The standard InChI is InChI=1S/C24H27N7O2/c1-16-24(21-22(26-14-25)28-15-27-21,18-7-9-19(10-8-18)30(2)3)29-23(32)31(16)13-17-5-11-20(33-4)12-6-17/h5-12,14-15H,1,13H2,2-4H3,(H2,25,26)(H,27,28)(H,29,32). The van der Waals surface area contributed by atoms with E-state index in [1.54, 1.807) is 12.0 Å². The predicted octanol–water partition coefficient (Wildman–Crippen LogP) is 3.09. The number of benzene rings is 2. The number of H-pyrrole nitrogens is 1. The van der Waals surface area contributed by atoms with Crippen LogP contribution in [0.15, 0.2) is 72.1 Å². The molecule has 0 spiro atoms. The molecular formula is C24H27N7O2. The highest BCUT2D eigenvalue weighted by Crippen LogP contribution is 2.44. The van der Waals surface area contributed by atoms with Crippen molar-refractivity contribution in [1.29, 1.82) is 0 Å². The zero-order valence-electron chi connectivity index (χ0n) is 18.9. The van der Waals surface area contributed by atoms with Gasteiger partial charge in [-0.3, -0.25) is 4.90 Å². The molecule has 33 heavy (non-hydrogen) atoms. The first kappa shape index (κ1) is 21.9. The Hall–Kier alpha value is -4.27. The maximum absolute atomic E-state index is 13.3. The molecule has 170 valence electrons. The lowest BCUT2D eigenvalue weighted by atomic mass is 9.84. The van der Waals surface area contributed by atoms with E-state index in [-0.39, 0.29) is 6.03 Å². The van der Waals surface area contributed by atoms with Crippen molar-refractivity contribution in [1.82, 2.24) is 20.2 Å². The quantitative estimate of drug-likeness (QED) is 0.382. The maximum atomic E-state index is 13.3. The molecule has 2 aromatic carbocycles. The van der Waals surface area contributed by atoms with Gasteiger partial charge in [0, 0.05) is 19.8 Å². The van der Waals surface area contributed by atoms with Crippen molar-refractivity contribution in [2.45, 2.75) is 12.1 Å². The SMILES string of the molecule is C=C1N(Cc2ccc(OC)cc2)C(=O)NC1(c1ccc(N(C)C)cc1)c1[nH]cnc1N=CN. The highest BCUT2D eigenvalue weighted by molar-refractivity contribution is 5.85. The molecule has 3 aromatic rings. The Morgan fingerprint density at radius 2 is 1.91 bits per heavy atom. The molecule has 2 amide bonds. The zero-order chi connectivity index (χ0) is 23.6. The molecule has 1 aliphatic heterocycles. The molecule has 0 saturated carbocycles. The number of carbonyl (C=O) groups excluding carboxylic acids is 1. The number of anilines is 1. The van der Waals surface area contributed by atoms with E-state index in [0.717, 1.165) is 22.6 Å². The summed E-state index contributed by atoms with van der Waals surface area (Å²) in [6, 6.07) is 15.2. The molecular weight excluding hydrogens is 418 g/mol. The second-order valence-electron chi connectivity index (χ2n) is 7.88. The second-order valence-corrected chi connectivity index (χ2v) is 7.88. The van der Waals surface area contributed by atoms with Crippen molar-refractivity contribution in [2.24, 2.45) is 10.7 Å². The van der Waals surface area contributed by atoms with Gasteiger partial charge in [0.15, 0.2) is 11.4 Å².